The van der Waals surface area contributed by atoms with Gasteiger partial charge in [-0.2, -0.15) is 5.10 Å². The highest BCUT2D eigenvalue weighted by Crippen LogP contribution is 2.26. The van der Waals surface area contributed by atoms with Gasteiger partial charge in [-0.25, -0.2) is 17.9 Å². The zero-order valence-corrected chi connectivity index (χ0v) is 17.4. The van der Waals surface area contributed by atoms with Gasteiger partial charge >= 0.3 is 0 Å². The van der Waals surface area contributed by atoms with Crippen LogP contribution in [0.5, 0.6) is 0 Å². The van der Waals surface area contributed by atoms with Crippen LogP contribution >= 0.6 is 23.2 Å². The first kappa shape index (κ1) is 20.1. The smallest absolute Gasteiger partial charge is 0.264 e. The molecule has 4 aromatic rings. The number of para-hydroxylation sites is 1. The van der Waals surface area contributed by atoms with Crippen LogP contribution in [0.1, 0.15) is 10.4 Å². The van der Waals surface area contributed by atoms with E-state index in [0.717, 1.165) is 0 Å². The van der Waals surface area contributed by atoms with Gasteiger partial charge in [0.25, 0.3) is 15.9 Å². The van der Waals surface area contributed by atoms with Crippen molar-refractivity contribution in [1.29, 1.82) is 0 Å². The third kappa shape index (κ3) is 4.09. The molecule has 0 unspecified atom stereocenters. The summed E-state index contributed by atoms with van der Waals surface area (Å²) in [5, 5.41) is 7.11. The van der Waals surface area contributed by atoms with Crippen LogP contribution in [-0.2, 0) is 10.0 Å². The van der Waals surface area contributed by atoms with Crippen molar-refractivity contribution >= 4 is 56.3 Å². The van der Waals surface area contributed by atoms with Gasteiger partial charge in [-0.1, -0.05) is 41.4 Å². The van der Waals surface area contributed by atoms with E-state index in [2.05, 4.69) is 20.1 Å². The number of carbonyl (C=O) groups is 1. The lowest BCUT2D eigenvalue weighted by Crippen LogP contribution is -2.15. The predicted molar refractivity (Wildman–Crippen MR) is 115 cm³/mol. The zero-order valence-electron chi connectivity index (χ0n) is 15.1. The molecule has 152 valence electrons. The quantitative estimate of drug-likeness (QED) is 0.465. The Morgan fingerprint density at radius 3 is 2.53 bits per heavy atom. The van der Waals surface area contributed by atoms with E-state index in [9.17, 15) is 13.2 Å². The molecule has 0 atom stereocenters. The van der Waals surface area contributed by atoms with Crippen LogP contribution in [0.3, 0.4) is 0 Å². The molecule has 0 spiro atoms. The van der Waals surface area contributed by atoms with Crippen molar-refractivity contribution < 1.29 is 13.2 Å². The molecule has 0 saturated carbocycles. The van der Waals surface area contributed by atoms with E-state index in [-0.39, 0.29) is 26.9 Å². The van der Waals surface area contributed by atoms with Crippen LogP contribution in [0.4, 0.5) is 11.5 Å². The van der Waals surface area contributed by atoms with Gasteiger partial charge in [0.05, 0.1) is 11.2 Å². The largest absolute Gasteiger partial charge is 0.322 e. The van der Waals surface area contributed by atoms with Gasteiger partial charge in [0.1, 0.15) is 16.3 Å². The Morgan fingerprint density at radius 1 is 1.03 bits per heavy atom. The molecule has 30 heavy (non-hydrogen) atoms. The average molecular weight is 462 g/mol. The summed E-state index contributed by atoms with van der Waals surface area (Å²) < 4.78 is 29.1. The second-order valence-corrected chi connectivity index (χ2v) is 8.63. The van der Waals surface area contributed by atoms with E-state index >= 15 is 0 Å². The highest BCUT2D eigenvalue weighted by molar-refractivity contribution is 7.92. The summed E-state index contributed by atoms with van der Waals surface area (Å²) in [5.41, 5.74) is 0.978. The lowest BCUT2D eigenvalue weighted by molar-refractivity contribution is 0.102. The van der Waals surface area contributed by atoms with Crippen LogP contribution in [0, 0.1) is 0 Å². The molecule has 4 rings (SSSR count). The number of benzene rings is 2. The molecule has 0 bridgehead atoms. The number of sulfonamides is 1. The summed E-state index contributed by atoms with van der Waals surface area (Å²) in [7, 11) is -4.03. The Hall–Kier alpha value is -3.14. The maximum Gasteiger partial charge on any atom is 0.264 e. The molecular formula is C19H13Cl2N5O3S. The minimum Gasteiger partial charge on any atom is -0.322 e. The fraction of sp³-hybridized carbons (Fsp3) is 0. The van der Waals surface area contributed by atoms with Crippen molar-refractivity contribution in [3.63, 3.8) is 0 Å². The summed E-state index contributed by atoms with van der Waals surface area (Å²) in [5.74, 6) is -0.424. The molecule has 0 aliphatic carbocycles. The van der Waals surface area contributed by atoms with Crippen molar-refractivity contribution in [2.24, 2.45) is 0 Å². The van der Waals surface area contributed by atoms with Crippen LogP contribution in [0.25, 0.3) is 5.65 Å². The second kappa shape index (κ2) is 7.94. The summed E-state index contributed by atoms with van der Waals surface area (Å²) >= 11 is 11.8. The summed E-state index contributed by atoms with van der Waals surface area (Å²) in [6, 6.07) is 14.4. The van der Waals surface area contributed by atoms with Crippen molar-refractivity contribution in [3.05, 3.63) is 82.6 Å². The monoisotopic (exact) mass is 461 g/mol. The third-order valence-electron chi connectivity index (χ3n) is 4.07. The Balaban J connectivity index is 1.65. The SMILES string of the molecule is O=C(Nc1ccccc1)c1cnn2ccc(NS(=O)(=O)c3ccc(Cl)cc3Cl)nc12. The Kier molecular flexibility index (Phi) is 5.33. The number of aromatic nitrogens is 3. The second-order valence-electron chi connectivity index (χ2n) is 6.14. The van der Waals surface area contributed by atoms with Crippen LogP contribution in [0.2, 0.25) is 10.0 Å². The minimum absolute atomic E-state index is 0.00257. The van der Waals surface area contributed by atoms with Crippen LogP contribution in [-0.4, -0.2) is 28.9 Å². The van der Waals surface area contributed by atoms with Gasteiger partial charge in [-0.3, -0.25) is 9.52 Å². The van der Waals surface area contributed by atoms with Gasteiger partial charge in [-0.15, -0.1) is 0 Å². The number of anilines is 2. The molecule has 0 fully saturated rings. The first-order valence-electron chi connectivity index (χ1n) is 8.52. The van der Waals surface area contributed by atoms with Gasteiger partial charge in [0.15, 0.2) is 5.65 Å². The fourth-order valence-electron chi connectivity index (χ4n) is 2.69. The molecule has 8 nitrogen and oxygen atoms in total. The molecule has 0 saturated heterocycles. The molecule has 2 N–H and O–H groups in total. The van der Waals surface area contributed by atoms with Gasteiger partial charge in [-0.05, 0) is 36.4 Å². The molecule has 2 heterocycles. The number of fused-ring (bicyclic) bond motifs is 1. The van der Waals surface area contributed by atoms with Crippen molar-refractivity contribution in [3.8, 4) is 0 Å². The zero-order chi connectivity index (χ0) is 21.3. The molecule has 0 aliphatic rings. The molecular weight excluding hydrogens is 449 g/mol. The standard InChI is InChI=1S/C19H13Cl2N5O3S/c20-12-6-7-16(15(21)10-12)30(28,29)25-17-8-9-26-18(24-17)14(11-22-26)19(27)23-13-4-2-1-3-5-13/h1-11H,(H,23,27)(H,24,25). The summed E-state index contributed by atoms with van der Waals surface area (Å²) in [4.78, 5) is 16.7. The van der Waals surface area contributed by atoms with E-state index < -0.39 is 15.9 Å². The third-order valence-corrected chi connectivity index (χ3v) is 6.14. The number of carbonyl (C=O) groups excluding carboxylic acids is 1. The lowest BCUT2D eigenvalue weighted by atomic mass is 10.2. The van der Waals surface area contributed by atoms with E-state index in [4.69, 9.17) is 23.2 Å². The Labute approximate surface area is 181 Å². The average Bonchev–Trinajstić information content (AvgIpc) is 3.11. The number of amides is 1. The fourth-order valence-corrected chi connectivity index (χ4v) is 4.47. The summed E-state index contributed by atoms with van der Waals surface area (Å²) in [6.45, 7) is 0. The molecule has 1 amide bonds. The molecule has 2 aromatic heterocycles. The first-order valence-corrected chi connectivity index (χ1v) is 10.8. The number of hydrogen-bond donors (Lipinski definition) is 2. The van der Waals surface area contributed by atoms with E-state index in [1.165, 1.54) is 41.2 Å². The van der Waals surface area contributed by atoms with E-state index in [0.29, 0.717) is 10.7 Å². The number of nitrogens with zero attached hydrogens (tertiary/aromatic N) is 3. The van der Waals surface area contributed by atoms with Gasteiger partial charge in [0, 0.05) is 16.9 Å². The number of nitrogens with one attached hydrogen (secondary N) is 2. The molecule has 2 aromatic carbocycles. The highest BCUT2D eigenvalue weighted by atomic mass is 35.5. The predicted octanol–water partition coefficient (Wildman–Crippen LogP) is 4.09. The van der Waals surface area contributed by atoms with Crippen molar-refractivity contribution in [1.82, 2.24) is 14.6 Å². The van der Waals surface area contributed by atoms with Crippen LogP contribution in [0.15, 0.2) is 71.9 Å². The van der Waals surface area contributed by atoms with Crippen molar-refractivity contribution in [2.45, 2.75) is 4.90 Å². The highest BCUT2D eigenvalue weighted by Gasteiger charge is 2.20. The normalized spacial score (nSPS) is 11.4. The Bertz CT molecular complexity index is 1360. The summed E-state index contributed by atoms with van der Waals surface area (Å²) in [6.07, 6.45) is 2.85. The van der Waals surface area contributed by atoms with E-state index in [1.54, 1.807) is 24.3 Å². The topological polar surface area (TPSA) is 105 Å². The Morgan fingerprint density at radius 2 is 1.80 bits per heavy atom. The molecule has 0 radical (unpaired) electrons. The molecule has 0 aliphatic heterocycles. The van der Waals surface area contributed by atoms with Crippen LogP contribution < -0.4 is 10.0 Å². The maximum atomic E-state index is 12.7. The molecule has 11 heteroatoms. The number of hydrogen-bond acceptors (Lipinski definition) is 5. The minimum atomic E-state index is -4.03. The lowest BCUT2D eigenvalue weighted by Gasteiger charge is -2.09. The van der Waals surface area contributed by atoms with Gasteiger partial charge in [0.2, 0.25) is 0 Å². The van der Waals surface area contributed by atoms with Gasteiger partial charge < -0.3 is 5.32 Å². The number of halogens is 2. The first-order chi connectivity index (χ1) is 14.3. The van der Waals surface area contributed by atoms with Crippen molar-refractivity contribution in [2.75, 3.05) is 10.0 Å². The maximum absolute atomic E-state index is 12.7. The number of rotatable bonds is 5. The van der Waals surface area contributed by atoms with E-state index in [1.807, 2.05) is 6.07 Å².